The Bertz CT molecular complexity index is 625. The number of nitrogens with zero attached hydrogens (tertiary/aromatic N) is 2. The predicted octanol–water partition coefficient (Wildman–Crippen LogP) is 2.73. The summed E-state index contributed by atoms with van der Waals surface area (Å²) in [4.78, 5) is 11.1. The van der Waals surface area contributed by atoms with E-state index in [4.69, 9.17) is 5.11 Å². The van der Waals surface area contributed by atoms with Crippen molar-refractivity contribution in [3.63, 3.8) is 0 Å². The van der Waals surface area contributed by atoms with Gasteiger partial charge in [-0.05, 0) is 24.6 Å². The second-order valence-corrected chi connectivity index (χ2v) is 5.51. The fraction of sp³-hybridized carbons (Fsp3) is 0.286. The van der Waals surface area contributed by atoms with E-state index in [0.717, 1.165) is 10.0 Å². The van der Waals surface area contributed by atoms with Gasteiger partial charge in [-0.15, -0.1) is 0 Å². The summed E-state index contributed by atoms with van der Waals surface area (Å²) in [7, 11) is 1.74. The van der Waals surface area contributed by atoms with Gasteiger partial charge in [-0.1, -0.05) is 28.1 Å². The summed E-state index contributed by atoms with van der Waals surface area (Å²) >= 11 is 3.44. The van der Waals surface area contributed by atoms with Crippen molar-refractivity contribution in [2.75, 3.05) is 0 Å². The highest BCUT2D eigenvalue weighted by Crippen LogP contribution is 2.18. The van der Waals surface area contributed by atoms with Gasteiger partial charge in [0.1, 0.15) is 5.56 Å². The van der Waals surface area contributed by atoms with Gasteiger partial charge in [0.15, 0.2) is 0 Å². The Hall–Kier alpha value is -1.66. The molecule has 2 aromatic rings. The number of nitrogens with one attached hydrogen (secondary N) is 1. The molecule has 6 heteroatoms. The summed E-state index contributed by atoms with van der Waals surface area (Å²) in [5, 5.41) is 16.4. The molecule has 20 heavy (non-hydrogen) atoms. The maximum atomic E-state index is 11.1. The lowest BCUT2D eigenvalue weighted by Crippen LogP contribution is -2.21. The lowest BCUT2D eigenvalue weighted by atomic mass is 10.1. The summed E-state index contributed by atoms with van der Waals surface area (Å²) in [5.74, 6) is -0.954. The van der Waals surface area contributed by atoms with Crippen molar-refractivity contribution in [2.45, 2.75) is 19.5 Å². The van der Waals surface area contributed by atoms with Crippen molar-refractivity contribution >= 4 is 21.9 Å². The SMILES string of the molecule is C[C@@H](NCc1c(C(=O)O)cnn1C)c1cccc(Br)c1. The molecule has 1 aromatic carbocycles. The zero-order valence-corrected chi connectivity index (χ0v) is 12.9. The fourth-order valence-electron chi connectivity index (χ4n) is 1.99. The first-order valence-electron chi connectivity index (χ1n) is 6.22. The summed E-state index contributed by atoms with van der Waals surface area (Å²) in [6.07, 6.45) is 1.38. The van der Waals surface area contributed by atoms with Gasteiger partial charge in [0.2, 0.25) is 0 Å². The van der Waals surface area contributed by atoms with Crippen LogP contribution in [0.4, 0.5) is 0 Å². The molecule has 1 heterocycles. The molecule has 2 N–H and O–H groups in total. The molecule has 5 nitrogen and oxygen atoms in total. The van der Waals surface area contributed by atoms with Crippen molar-refractivity contribution < 1.29 is 9.90 Å². The van der Waals surface area contributed by atoms with Crippen LogP contribution in [0.3, 0.4) is 0 Å². The van der Waals surface area contributed by atoms with Crippen LogP contribution in [0.1, 0.15) is 34.6 Å². The van der Waals surface area contributed by atoms with E-state index >= 15 is 0 Å². The quantitative estimate of drug-likeness (QED) is 0.880. The molecule has 0 amide bonds. The van der Waals surface area contributed by atoms with Crippen molar-refractivity contribution in [1.29, 1.82) is 0 Å². The first kappa shape index (κ1) is 14.7. The molecule has 0 aliphatic heterocycles. The number of hydrogen-bond acceptors (Lipinski definition) is 3. The van der Waals surface area contributed by atoms with Gasteiger partial charge in [0.25, 0.3) is 0 Å². The minimum Gasteiger partial charge on any atom is -0.478 e. The van der Waals surface area contributed by atoms with Crippen LogP contribution < -0.4 is 5.32 Å². The first-order chi connectivity index (χ1) is 9.49. The Morgan fingerprint density at radius 1 is 1.55 bits per heavy atom. The molecule has 0 aliphatic rings. The lowest BCUT2D eigenvalue weighted by molar-refractivity contribution is 0.0695. The Labute approximate surface area is 125 Å². The van der Waals surface area contributed by atoms with E-state index in [1.165, 1.54) is 6.20 Å². The van der Waals surface area contributed by atoms with E-state index in [9.17, 15) is 4.79 Å². The van der Waals surface area contributed by atoms with Crippen LogP contribution in [0.25, 0.3) is 0 Å². The molecule has 1 atom stereocenters. The summed E-state index contributed by atoms with van der Waals surface area (Å²) in [5.41, 5.74) is 2.04. The topological polar surface area (TPSA) is 67.2 Å². The maximum Gasteiger partial charge on any atom is 0.339 e. The number of benzene rings is 1. The van der Waals surface area contributed by atoms with Gasteiger partial charge in [-0.3, -0.25) is 4.68 Å². The van der Waals surface area contributed by atoms with E-state index < -0.39 is 5.97 Å². The minimum atomic E-state index is -0.954. The number of carboxylic acid groups (broad SMARTS) is 1. The highest BCUT2D eigenvalue weighted by atomic mass is 79.9. The molecular formula is C14H16BrN3O2. The Kier molecular flexibility index (Phi) is 4.57. The van der Waals surface area contributed by atoms with Gasteiger partial charge < -0.3 is 10.4 Å². The Balaban J connectivity index is 2.09. The van der Waals surface area contributed by atoms with E-state index in [1.807, 2.05) is 31.2 Å². The van der Waals surface area contributed by atoms with Gasteiger partial charge >= 0.3 is 5.97 Å². The van der Waals surface area contributed by atoms with Crippen molar-refractivity contribution in [3.8, 4) is 0 Å². The number of carbonyl (C=O) groups is 1. The third kappa shape index (κ3) is 3.26. The molecule has 1 aromatic heterocycles. The molecule has 0 fully saturated rings. The van der Waals surface area contributed by atoms with Crippen molar-refractivity contribution in [3.05, 3.63) is 51.8 Å². The second-order valence-electron chi connectivity index (χ2n) is 4.59. The van der Waals surface area contributed by atoms with Crippen molar-refractivity contribution in [2.24, 2.45) is 7.05 Å². The van der Waals surface area contributed by atoms with Crippen LogP contribution in [-0.2, 0) is 13.6 Å². The smallest absolute Gasteiger partial charge is 0.339 e. The number of hydrogen-bond donors (Lipinski definition) is 2. The predicted molar refractivity (Wildman–Crippen MR) is 79.6 cm³/mol. The summed E-state index contributed by atoms with van der Waals surface area (Å²) in [6.45, 7) is 2.49. The van der Waals surface area contributed by atoms with Gasteiger partial charge in [-0.2, -0.15) is 5.10 Å². The van der Waals surface area contributed by atoms with Crippen LogP contribution >= 0.6 is 15.9 Å². The summed E-state index contributed by atoms with van der Waals surface area (Å²) < 4.78 is 2.61. The third-order valence-corrected chi connectivity index (χ3v) is 3.71. The van der Waals surface area contributed by atoms with E-state index in [0.29, 0.717) is 12.2 Å². The molecule has 106 valence electrons. The molecule has 0 spiro atoms. The number of rotatable bonds is 5. The highest BCUT2D eigenvalue weighted by Gasteiger charge is 2.15. The third-order valence-electron chi connectivity index (χ3n) is 3.22. The molecule has 0 aliphatic carbocycles. The largest absolute Gasteiger partial charge is 0.478 e. The van der Waals surface area contributed by atoms with Crippen LogP contribution in [0.15, 0.2) is 34.9 Å². The standard InChI is InChI=1S/C14H16BrN3O2/c1-9(10-4-3-5-11(15)6-10)16-8-13-12(14(19)20)7-17-18(13)2/h3-7,9,16H,8H2,1-2H3,(H,19,20)/t9-/m1/s1. The number of carboxylic acids is 1. The van der Waals surface area contributed by atoms with Crippen LogP contribution in [-0.4, -0.2) is 20.9 Å². The molecule has 2 rings (SSSR count). The molecule has 0 saturated heterocycles. The first-order valence-corrected chi connectivity index (χ1v) is 7.01. The molecule has 0 radical (unpaired) electrons. The number of aromatic carboxylic acids is 1. The van der Waals surface area contributed by atoms with E-state index in [-0.39, 0.29) is 11.6 Å². The molecule has 0 bridgehead atoms. The van der Waals surface area contributed by atoms with Gasteiger partial charge in [-0.25, -0.2) is 4.79 Å². The fourth-order valence-corrected chi connectivity index (χ4v) is 2.41. The highest BCUT2D eigenvalue weighted by molar-refractivity contribution is 9.10. The van der Waals surface area contributed by atoms with E-state index in [2.05, 4.69) is 26.3 Å². The van der Waals surface area contributed by atoms with Crippen molar-refractivity contribution in [1.82, 2.24) is 15.1 Å². The lowest BCUT2D eigenvalue weighted by Gasteiger charge is -2.15. The number of aromatic nitrogens is 2. The van der Waals surface area contributed by atoms with E-state index in [1.54, 1.807) is 11.7 Å². The summed E-state index contributed by atoms with van der Waals surface area (Å²) in [6, 6.07) is 8.14. The normalized spacial score (nSPS) is 12.3. The number of halogens is 1. The Morgan fingerprint density at radius 3 is 2.95 bits per heavy atom. The maximum absolute atomic E-state index is 11.1. The average Bonchev–Trinajstić information content (AvgIpc) is 2.77. The van der Waals surface area contributed by atoms with Crippen LogP contribution in [0.5, 0.6) is 0 Å². The minimum absolute atomic E-state index is 0.115. The second kappa shape index (κ2) is 6.19. The van der Waals surface area contributed by atoms with Gasteiger partial charge in [0.05, 0.1) is 11.9 Å². The molecule has 0 saturated carbocycles. The van der Waals surface area contributed by atoms with Crippen LogP contribution in [0, 0.1) is 0 Å². The number of aryl methyl sites for hydroxylation is 1. The monoisotopic (exact) mass is 337 g/mol. The molecular weight excluding hydrogens is 322 g/mol. The Morgan fingerprint density at radius 2 is 2.30 bits per heavy atom. The molecule has 0 unspecified atom stereocenters. The average molecular weight is 338 g/mol. The zero-order valence-electron chi connectivity index (χ0n) is 11.3. The van der Waals surface area contributed by atoms with Gasteiger partial charge in [0, 0.05) is 24.1 Å². The van der Waals surface area contributed by atoms with Crippen LogP contribution in [0.2, 0.25) is 0 Å². The zero-order chi connectivity index (χ0) is 14.7.